The third-order valence-corrected chi connectivity index (χ3v) is 5.29. The van der Waals surface area contributed by atoms with Crippen LogP contribution in [-0.4, -0.2) is 9.19 Å². The van der Waals surface area contributed by atoms with E-state index in [0.29, 0.717) is 5.75 Å². The van der Waals surface area contributed by atoms with E-state index in [1.54, 1.807) is 6.20 Å². The van der Waals surface area contributed by atoms with Crippen LogP contribution < -0.4 is 5.73 Å². The van der Waals surface area contributed by atoms with E-state index in [9.17, 15) is 4.21 Å². The summed E-state index contributed by atoms with van der Waals surface area (Å²) >= 11 is 1.50. The highest BCUT2D eigenvalue weighted by atomic mass is 32.2. The molecule has 90 valence electrons. The zero-order valence-corrected chi connectivity index (χ0v) is 11.4. The maximum atomic E-state index is 12.1. The molecule has 2 aromatic rings. The van der Waals surface area contributed by atoms with Crippen LogP contribution in [0.5, 0.6) is 0 Å². The van der Waals surface area contributed by atoms with E-state index in [1.807, 2.05) is 31.4 Å². The van der Waals surface area contributed by atoms with Crippen molar-refractivity contribution in [2.24, 2.45) is 0 Å². The zero-order valence-electron chi connectivity index (χ0n) is 9.77. The normalized spacial score (nSPS) is 12.6. The summed E-state index contributed by atoms with van der Waals surface area (Å²) in [4.78, 5) is 4.32. The lowest BCUT2D eigenvalue weighted by Crippen LogP contribution is -2.04. The molecule has 2 aromatic heterocycles. The first-order chi connectivity index (χ1) is 8.09. The molecule has 17 heavy (non-hydrogen) atoms. The fourth-order valence-corrected chi connectivity index (χ4v) is 3.66. The number of thiophene rings is 1. The minimum Gasteiger partial charge on any atom is -0.398 e. The summed E-state index contributed by atoms with van der Waals surface area (Å²) in [6, 6.07) is 3.79. The van der Waals surface area contributed by atoms with E-state index in [4.69, 9.17) is 5.73 Å². The van der Waals surface area contributed by atoms with Crippen molar-refractivity contribution >= 4 is 27.8 Å². The van der Waals surface area contributed by atoms with Crippen LogP contribution in [0, 0.1) is 13.8 Å². The summed E-state index contributed by atoms with van der Waals surface area (Å²) in [5.41, 5.74) is 9.41. The van der Waals surface area contributed by atoms with Gasteiger partial charge in [-0.15, -0.1) is 11.3 Å². The summed E-state index contributed by atoms with van der Waals surface area (Å²) < 4.78 is 12.9. The molecule has 2 rings (SSSR count). The van der Waals surface area contributed by atoms with Gasteiger partial charge < -0.3 is 5.73 Å². The fourth-order valence-electron chi connectivity index (χ4n) is 1.53. The van der Waals surface area contributed by atoms with Crippen LogP contribution in [0.2, 0.25) is 0 Å². The smallest absolute Gasteiger partial charge is 0.0914 e. The van der Waals surface area contributed by atoms with Gasteiger partial charge in [0.15, 0.2) is 0 Å². The van der Waals surface area contributed by atoms with E-state index < -0.39 is 10.8 Å². The number of hydrogen-bond acceptors (Lipinski definition) is 4. The summed E-state index contributed by atoms with van der Waals surface area (Å²) in [6.45, 7) is 3.85. The monoisotopic (exact) mass is 266 g/mol. The molecule has 0 saturated heterocycles. The number of hydrogen-bond donors (Lipinski definition) is 1. The van der Waals surface area contributed by atoms with Gasteiger partial charge in [-0.2, -0.15) is 0 Å². The predicted molar refractivity (Wildman–Crippen MR) is 72.6 cm³/mol. The second kappa shape index (κ2) is 4.98. The van der Waals surface area contributed by atoms with Gasteiger partial charge in [0.2, 0.25) is 0 Å². The van der Waals surface area contributed by atoms with Gasteiger partial charge in [-0.3, -0.25) is 9.19 Å². The maximum absolute atomic E-state index is 12.1. The van der Waals surface area contributed by atoms with E-state index in [2.05, 4.69) is 4.98 Å². The molecule has 0 spiro atoms. The lowest BCUT2D eigenvalue weighted by molar-refractivity contribution is 0.683. The summed E-state index contributed by atoms with van der Waals surface area (Å²) in [7, 11) is -1.03. The number of nitrogens with two attached hydrogens (primary N) is 1. The Labute approximate surface area is 107 Å². The molecule has 0 aliphatic heterocycles. The van der Waals surface area contributed by atoms with E-state index in [1.165, 1.54) is 11.3 Å². The average Bonchev–Trinajstić information content (AvgIpc) is 2.83. The lowest BCUT2D eigenvalue weighted by atomic mass is 10.1. The highest BCUT2D eigenvalue weighted by Gasteiger charge is 2.11. The number of anilines is 1. The number of aromatic nitrogens is 1. The van der Waals surface area contributed by atoms with Crippen LogP contribution in [0.3, 0.4) is 0 Å². The third kappa shape index (κ3) is 2.56. The third-order valence-electron chi connectivity index (χ3n) is 2.66. The Morgan fingerprint density at radius 2 is 2.24 bits per heavy atom. The molecule has 5 heteroatoms. The first-order valence-corrected chi connectivity index (χ1v) is 7.42. The van der Waals surface area contributed by atoms with E-state index in [0.717, 1.165) is 26.7 Å². The van der Waals surface area contributed by atoms with Crippen LogP contribution in [0.25, 0.3) is 0 Å². The van der Waals surface area contributed by atoms with E-state index in [-0.39, 0.29) is 0 Å². The average molecular weight is 266 g/mol. The molecule has 2 heterocycles. The van der Waals surface area contributed by atoms with Gasteiger partial charge in [0.25, 0.3) is 0 Å². The van der Waals surface area contributed by atoms with Crippen molar-refractivity contribution in [3.63, 3.8) is 0 Å². The first kappa shape index (κ1) is 12.3. The van der Waals surface area contributed by atoms with Crippen LogP contribution in [0.4, 0.5) is 5.69 Å². The Morgan fingerprint density at radius 1 is 1.47 bits per heavy atom. The van der Waals surface area contributed by atoms with Crippen molar-refractivity contribution in [3.05, 3.63) is 40.5 Å². The van der Waals surface area contributed by atoms with E-state index >= 15 is 0 Å². The molecule has 0 aliphatic carbocycles. The van der Waals surface area contributed by atoms with Crippen molar-refractivity contribution < 1.29 is 4.21 Å². The highest BCUT2D eigenvalue weighted by Crippen LogP contribution is 2.22. The molecular weight excluding hydrogens is 252 g/mol. The first-order valence-electron chi connectivity index (χ1n) is 5.22. The predicted octanol–water partition coefficient (Wildman–Crippen LogP) is 2.65. The molecule has 0 amide bonds. The molecule has 1 atom stereocenters. The van der Waals surface area contributed by atoms with Crippen molar-refractivity contribution in [2.45, 2.75) is 23.8 Å². The van der Waals surface area contributed by atoms with Crippen molar-refractivity contribution in [2.75, 3.05) is 5.73 Å². The molecule has 0 aromatic carbocycles. The molecular formula is C12H14N2OS2. The molecule has 0 aliphatic rings. The Balaban J connectivity index is 2.25. The van der Waals surface area contributed by atoms with Crippen molar-refractivity contribution in [3.8, 4) is 0 Å². The standard InChI is InChI=1S/C12H14N2OS2/c1-8-6-14-10(9(2)12(8)13)7-17(15)11-4-3-5-16-11/h3-6H,7H2,1-2H3,(H2,13,14). The molecule has 3 nitrogen and oxygen atoms in total. The second-order valence-corrected chi connectivity index (χ2v) is 6.47. The summed E-state index contributed by atoms with van der Waals surface area (Å²) in [6.07, 6.45) is 1.74. The quantitative estimate of drug-likeness (QED) is 0.929. The number of rotatable bonds is 3. The Morgan fingerprint density at radius 3 is 2.88 bits per heavy atom. The minimum absolute atomic E-state index is 0.427. The molecule has 1 unspecified atom stereocenters. The van der Waals surface area contributed by atoms with Gasteiger partial charge in [-0.1, -0.05) is 6.07 Å². The SMILES string of the molecule is Cc1cnc(CS(=O)c2cccs2)c(C)c1N. The second-order valence-electron chi connectivity index (χ2n) is 3.85. The van der Waals surface area contributed by atoms with Gasteiger partial charge in [0.1, 0.15) is 0 Å². The fraction of sp³-hybridized carbons (Fsp3) is 0.250. The Kier molecular flexibility index (Phi) is 3.59. The summed E-state index contributed by atoms with van der Waals surface area (Å²) in [5, 5.41) is 1.93. The molecule has 0 bridgehead atoms. The van der Waals surface area contributed by atoms with Gasteiger partial charge in [0, 0.05) is 11.9 Å². The lowest BCUT2D eigenvalue weighted by Gasteiger charge is -2.09. The molecule has 2 N–H and O–H groups in total. The van der Waals surface area contributed by atoms with Crippen LogP contribution in [0.1, 0.15) is 16.8 Å². The highest BCUT2D eigenvalue weighted by molar-refractivity contribution is 7.86. The topological polar surface area (TPSA) is 56.0 Å². The molecule has 0 saturated carbocycles. The zero-order chi connectivity index (χ0) is 12.4. The minimum atomic E-state index is -1.03. The summed E-state index contributed by atoms with van der Waals surface area (Å²) in [5.74, 6) is 0.427. The van der Waals surface area contributed by atoms with Crippen LogP contribution >= 0.6 is 11.3 Å². The van der Waals surface area contributed by atoms with Crippen molar-refractivity contribution in [1.29, 1.82) is 0 Å². The van der Waals surface area contributed by atoms with Gasteiger partial charge >= 0.3 is 0 Å². The maximum Gasteiger partial charge on any atom is 0.0914 e. The Hall–Kier alpha value is -1.20. The number of aryl methyl sites for hydroxylation is 1. The molecule has 0 fully saturated rings. The van der Waals surface area contributed by atoms with Gasteiger partial charge in [-0.05, 0) is 36.4 Å². The largest absolute Gasteiger partial charge is 0.398 e. The number of nitrogens with zero attached hydrogens (tertiary/aromatic N) is 1. The number of nitrogen functional groups attached to an aromatic ring is 1. The Bertz CT molecular complexity index is 550. The van der Waals surface area contributed by atoms with Crippen molar-refractivity contribution in [1.82, 2.24) is 4.98 Å². The van der Waals surface area contributed by atoms with Gasteiger partial charge in [0.05, 0.1) is 26.5 Å². The van der Waals surface area contributed by atoms with Crippen LogP contribution in [-0.2, 0) is 16.6 Å². The molecule has 0 radical (unpaired) electrons. The van der Waals surface area contributed by atoms with Crippen LogP contribution in [0.15, 0.2) is 27.9 Å². The van der Waals surface area contributed by atoms with Gasteiger partial charge in [-0.25, -0.2) is 0 Å². The number of pyridine rings is 1.